The van der Waals surface area contributed by atoms with E-state index in [0.717, 1.165) is 0 Å². The summed E-state index contributed by atoms with van der Waals surface area (Å²) in [4.78, 5) is 18.3. The van der Waals surface area contributed by atoms with E-state index >= 15 is 0 Å². The van der Waals surface area contributed by atoms with Gasteiger partial charge in [0.1, 0.15) is 23.5 Å². The lowest BCUT2D eigenvalue weighted by atomic mass is 9.95. The molecule has 0 aromatic rings. The SMILES string of the molecule is CC(C)(N=NC(C)(C)C(N)=NCCC(=O)O)C(=N)CC(=N)COO. The number of hydrogen-bond donors (Lipinski definition) is 5. The Kier molecular flexibility index (Phi) is 8.34. The highest BCUT2D eigenvalue weighted by molar-refractivity contribution is 6.06. The molecule has 0 rings (SSSR count). The molecule has 10 heteroatoms. The number of carbonyl (C=O) groups is 1. The van der Waals surface area contributed by atoms with Gasteiger partial charge in [-0.1, -0.05) is 0 Å². The normalized spacial score (nSPS) is 13.3. The molecule has 0 amide bonds. The molecular formula is C14H26N6O4. The van der Waals surface area contributed by atoms with Crippen molar-refractivity contribution in [2.45, 2.75) is 51.6 Å². The molecule has 0 aliphatic heterocycles. The molecule has 0 aromatic heterocycles. The fraction of sp³-hybridized carbons (Fsp3) is 0.714. The molecule has 10 nitrogen and oxygen atoms in total. The van der Waals surface area contributed by atoms with Crippen molar-refractivity contribution in [3.8, 4) is 0 Å². The standard InChI is InChI=1S/C14H26N6O4/c1-13(2,10(16)7-9(15)8-24-23)19-20-14(3,4)12(17)18-6-5-11(21)22/h15-16,23H,5-8H2,1-4H3,(H2,17,18)(H,21,22). The van der Waals surface area contributed by atoms with Gasteiger partial charge in [0.25, 0.3) is 0 Å². The van der Waals surface area contributed by atoms with Crippen LogP contribution in [0.25, 0.3) is 0 Å². The number of azo groups is 1. The third kappa shape index (κ3) is 7.88. The largest absolute Gasteiger partial charge is 0.481 e. The van der Waals surface area contributed by atoms with Crippen LogP contribution in [0.5, 0.6) is 0 Å². The van der Waals surface area contributed by atoms with Gasteiger partial charge in [-0.3, -0.25) is 15.0 Å². The van der Waals surface area contributed by atoms with E-state index in [0.29, 0.717) is 0 Å². The summed E-state index contributed by atoms with van der Waals surface area (Å²) < 4.78 is 0. The molecule has 0 aliphatic rings. The first-order valence-corrected chi connectivity index (χ1v) is 7.29. The lowest BCUT2D eigenvalue weighted by molar-refractivity contribution is -0.227. The second kappa shape index (κ2) is 9.18. The molecule has 0 bridgehead atoms. The van der Waals surface area contributed by atoms with Gasteiger partial charge in [-0.15, -0.1) is 0 Å². The highest BCUT2D eigenvalue weighted by Crippen LogP contribution is 2.19. The van der Waals surface area contributed by atoms with Crippen LogP contribution in [0.15, 0.2) is 15.2 Å². The lowest BCUT2D eigenvalue weighted by Gasteiger charge is -2.23. The first kappa shape index (κ1) is 21.8. The molecule has 0 saturated heterocycles. The van der Waals surface area contributed by atoms with Crippen molar-refractivity contribution in [2.24, 2.45) is 21.0 Å². The quantitative estimate of drug-likeness (QED) is 0.126. The third-order valence-corrected chi connectivity index (χ3v) is 3.15. The summed E-state index contributed by atoms with van der Waals surface area (Å²) in [6.45, 7) is 6.47. The van der Waals surface area contributed by atoms with Crippen LogP contribution in [0, 0.1) is 10.8 Å². The fourth-order valence-electron chi connectivity index (χ4n) is 1.39. The minimum absolute atomic E-state index is 0.00477. The maximum absolute atomic E-state index is 10.5. The summed E-state index contributed by atoms with van der Waals surface area (Å²) in [5.74, 6) is -0.814. The van der Waals surface area contributed by atoms with Crippen molar-refractivity contribution >= 4 is 23.2 Å². The minimum Gasteiger partial charge on any atom is -0.481 e. The Hall–Kier alpha value is -2.20. The zero-order valence-corrected chi connectivity index (χ0v) is 14.5. The topological polar surface area (TPSA) is 178 Å². The molecule has 6 N–H and O–H groups in total. The number of aliphatic carboxylic acids is 1. The van der Waals surface area contributed by atoms with Crippen LogP contribution in [-0.2, 0) is 9.68 Å². The van der Waals surface area contributed by atoms with Crippen LogP contribution in [-0.4, -0.2) is 57.8 Å². The Morgan fingerprint density at radius 3 is 2.21 bits per heavy atom. The Balaban J connectivity index is 4.95. The number of aliphatic imine (C=N–C) groups is 1. The smallest absolute Gasteiger partial charge is 0.305 e. The summed E-state index contributed by atoms with van der Waals surface area (Å²) in [7, 11) is 0. The molecule has 24 heavy (non-hydrogen) atoms. The maximum Gasteiger partial charge on any atom is 0.305 e. The van der Waals surface area contributed by atoms with Gasteiger partial charge in [-0.25, -0.2) is 4.89 Å². The molecule has 0 saturated carbocycles. The van der Waals surface area contributed by atoms with Crippen LogP contribution >= 0.6 is 0 Å². The van der Waals surface area contributed by atoms with Crippen LogP contribution < -0.4 is 5.73 Å². The van der Waals surface area contributed by atoms with Gasteiger partial charge in [0, 0.05) is 17.8 Å². The van der Waals surface area contributed by atoms with Crippen molar-refractivity contribution in [1.82, 2.24) is 0 Å². The lowest BCUT2D eigenvalue weighted by Crippen LogP contribution is -2.38. The molecule has 0 fully saturated rings. The first-order chi connectivity index (χ1) is 10.9. The molecule has 0 radical (unpaired) electrons. The Morgan fingerprint density at radius 1 is 1.17 bits per heavy atom. The molecule has 0 spiro atoms. The average Bonchev–Trinajstić information content (AvgIpc) is 2.45. The molecule has 136 valence electrons. The molecule has 0 aliphatic carbocycles. The molecule has 0 atom stereocenters. The predicted octanol–water partition coefficient (Wildman–Crippen LogP) is 1.75. The number of rotatable bonds is 11. The Morgan fingerprint density at radius 2 is 1.71 bits per heavy atom. The Bertz CT molecular complexity index is 539. The number of amidine groups is 1. The number of hydrogen-bond acceptors (Lipinski definition) is 8. The van der Waals surface area contributed by atoms with Gasteiger partial charge < -0.3 is 21.7 Å². The number of nitrogens with one attached hydrogen (secondary N) is 2. The van der Waals surface area contributed by atoms with Crippen LogP contribution in [0.4, 0.5) is 0 Å². The van der Waals surface area contributed by atoms with Gasteiger partial charge in [-0.2, -0.15) is 10.2 Å². The number of nitrogens with zero attached hydrogens (tertiary/aromatic N) is 3. The van der Waals surface area contributed by atoms with Gasteiger partial charge in [-0.05, 0) is 27.7 Å². The first-order valence-electron chi connectivity index (χ1n) is 7.29. The average molecular weight is 342 g/mol. The molecule has 0 heterocycles. The van der Waals surface area contributed by atoms with E-state index in [4.69, 9.17) is 26.9 Å². The van der Waals surface area contributed by atoms with Crippen LogP contribution in [0.2, 0.25) is 0 Å². The zero-order chi connectivity index (χ0) is 19.0. The van der Waals surface area contributed by atoms with Gasteiger partial charge in [0.05, 0.1) is 13.0 Å². The summed E-state index contributed by atoms with van der Waals surface area (Å²) in [6.07, 6.45) is -0.131. The van der Waals surface area contributed by atoms with E-state index in [1.165, 1.54) is 0 Å². The van der Waals surface area contributed by atoms with Gasteiger partial charge >= 0.3 is 5.97 Å². The fourth-order valence-corrected chi connectivity index (χ4v) is 1.39. The summed E-state index contributed by atoms with van der Waals surface area (Å²) in [5.41, 5.74) is 4.09. The highest BCUT2D eigenvalue weighted by Gasteiger charge is 2.28. The molecule has 0 aromatic carbocycles. The number of carboxylic acid groups (broad SMARTS) is 1. The van der Waals surface area contributed by atoms with Crippen molar-refractivity contribution in [3.63, 3.8) is 0 Å². The van der Waals surface area contributed by atoms with Crippen LogP contribution in [0.3, 0.4) is 0 Å². The van der Waals surface area contributed by atoms with E-state index in [1.807, 2.05) is 0 Å². The van der Waals surface area contributed by atoms with Gasteiger partial charge in [0.15, 0.2) is 0 Å². The van der Waals surface area contributed by atoms with Crippen LogP contribution in [0.1, 0.15) is 40.5 Å². The zero-order valence-electron chi connectivity index (χ0n) is 14.5. The summed E-state index contributed by atoms with van der Waals surface area (Å²) in [5, 5.41) is 40.7. The van der Waals surface area contributed by atoms with E-state index in [1.54, 1.807) is 27.7 Å². The third-order valence-electron chi connectivity index (χ3n) is 3.15. The van der Waals surface area contributed by atoms with E-state index in [-0.39, 0.29) is 43.3 Å². The predicted molar refractivity (Wildman–Crippen MR) is 90.4 cm³/mol. The molecular weight excluding hydrogens is 316 g/mol. The van der Waals surface area contributed by atoms with Crippen molar-refractivity contribution < 1.29 is 20.0 Å². The van der Waals surface area contributed by atoms with Crippen molar-refractivity contribution in [2.75, 3.05) is 13.2 Å². The van der Waals surface area contributed by atoms with Gasteiger partial charge in [0.2, 0.25) is 0 Å². The van der Waals surface area contributed by atoms with E-state index in [9.17, 15) is 4.79 Å². The highest BCUT2D eigenvalue weighted by atomic mass is 17.1. The summed E-state index contributed by atoms with van der Waals surface area (Å²) >= 11 is 0. The monoisotopic (exact) mass is 342 g/mol. The van der Waals surface area contributed by atoms with E-state index in [2.05, 4.69) is 20.1 Å². The Labute approximate surface area is 140 Å². The van der Waals surface area contributed by atoms with Crippen molar-refractivity contribution in [1.29, 1.82) is 10.8 Å². The number of nitrogens with two attached hydrogens (primary N) is 1. The van der Waals surface area contributed by atoms with E-state index < -0.39 is 17.0 Å². The minimum atomic E-state index is -0.972. The maximum atomic E-state index is 10.5. The number of carboxylic acids is 1. The second-order valence-electron chi connectivity index (χ2n) is 6.26. The summed E-state index contributed by atoms with van der Waals surface area (Å²) in [6, 6.07) is 0. The molecule has 0 unspecified atom stereocenters. The van der Waals surface area contributed by atoms with Crippen molar-refractivity contribution in [3.05, 3.63) is 0 Å². The second-order valence-corrected chi connectivity index (χ2v) is 6.26.